The summed E-state index contributed by atoms with van der Waals surface area (Å²) in [7, 11) is 0. The Labute approximate surface area is 177 Å². The van der Waals surface area contributed by atoms with Gasteiger partial charge in [0.1, 0.15) is 18.0 Å². The van der Waals surface area contributed by atoms with E-state index in [0.29, 0.717) is 29.1 Å². The summed E-state index contributed by atoms with van der Waals surface area (Å²) in [6.07, 6.45) is 6.16. The molecule has 0 spiro atoms. The molecule has 2 bridgehead atoms. The van der Waals surface area contributed by atoms with Gasteiger partial charge < -0.3 is 15.0 Å². The highest BCUT2D eigenvalue weighted by atomic mass is 19.1. The Balaban J connectivity index is 1.83. The summed E-state index contributed by atoms with van der Waals surface area (Å²) in [5, 5.41) is 9.60. The van der Waals surface area contributed by atoms with E-state index in [4.69, 9.17) is 10.5 Å². The van der Waals surface area contributed by atoms with Crippen molar-refractivity contribution < 1.29 is 9.13 Å². The van der Waals surface area contributed by atoms with Gasteiger partial charge in [-0.15, -0.1) is 0 Å². The standard InChI is InChI=1S/C23H17FN6O/c1-13-19-7-16(24)2-3-18(19)17-4-5-27-9-15(17)11-30-12-29-20(8-25)22(30)14-6-21(31-13)23(26)28-10-14/h2-7,9-10,12-13H,11H2,1H3,(H2,26,28). The zero-order valence-corrected chi connectivity index (χ0v) is 16.6. The highest BCUT2D eigenvalue weighted by Gasteiger charge is 2.22. The molecule has 5 rings (SSSR count). The van der Waals surface area contributed by atoms with Gasteiger partial charge in [-0.2, -0.15) is 5.26 Å². The van der Waals surface area contributed by atoms with E-state index in [9.17, 15) is 9.65 Å². The Morgan fingerprint density at radius 3 is 2.90 bits per heavy atom. The van der Waals surface area contributed by atoms with E-state index in [1.807, 2.05) is 17.6 Å². The van der Waals surface area contributed by atoms with Crippen LogP contribution in [-0.4, -0.2) is 19.5 Å². The molecule has 2 N–H and O–H groups in total. The number of hydrogen-bond acceptors (Lipinski definition) is 6. The summed E-state index contributed by atoms with van der Waals surface area (Å²) in [4.78, 5) is 12.8. The van der Waals surface area contributed by atoms with Crippen LogP contribution in [0.15, 0.2) is 55.2 Å². The van der Waals surface area contributed by atoms with E-state index in [2.05, 4.69) is 21.0 Å². The maximum atomic E-state index is 14.2. The molecule has 7 nitrogen and oxygen atoms in total. The van der Waals surface area contributed by atoms with Crippen molar-refractivity contribution >= 4 is 5.82 Å². The average molecular weight is 412 g/mol. The molecule has 1 unspecified atom stereocenters. The third kappa shape index (κ3) is 3.16. The number of nitrogens with two attached hydrogens (primary N) is 1. The molecule has 4 heterocycles. The smallest absolute Gasteiger partial charge is 0.166 e. The first-order chi connectivity index (χ1) is 15.0. The molecule has 8 heteroatoms. The highest BCUT2D eigenvalue weighted by Crippen LogP contribution is 2.37. The molecule has 152 valence electrons. The van der Waals surface area contributed by atoms with Crippen molar-refractivity contribution in [1.82, 2.24) is 19.5 Å². The molecule has 0 saturated heterocycles. The number of nitriles is 1. The molecule has 3 aromatic heterocycles. The zero-order valence-electron chi connectivity index (χ0n) is 16.6. The van der Waals surface area contributed by atoms with Crippen molar-refractivity contribution in [2.45, 2.75) is 19.6 Å². The van der Waals surface area contributed by atoms with Gasteiger partial charge in [0.15, 0.2) is 17.3 Å². The number of ether oxygens (including phenoxy) is 1. The van der Waals surface area contributed by atoms with E-state index < -0.39 is 6.10 Å². The Bertz CT molecular complexity index is 1360. The van der Waals surface area contributed by atoms with Gasteiger partial charge in [0.25, 0.3) is 0 Å². The fourth-order valence-electron chi connectivity index (χ4n) is 3.93. The molecule has 4 aromatic rings. The summed E-state index contributed by atoms with van der Waals surface area (Å²) in [5.41, 5.74) is 10.9. The molecular formula is C23H17FN6O. The predicted molar refractivity (Wildman–Crippen MR) is 112 cm³/mol. The van der Waals surface area contributed by atoms with Crippen molar-refractivity contribution in [2.24, 2.45) is 0 Å². The van der Waals surface area contributed by atoms with Crippen LogP contribution in [-0.2, 0) is 6.54 Å². The van der Waals surface area contributed by atoms with Gasteiger partial charge in [-0.05, 0) is 47.9 Å². The normalized spacial score (nSPS) is 14.7. The molecule has 0 amide bonds. The maximum absolute atomic E-state index is 14.2. The van der Waals surface area contributed by atoms with Crippen LogP contribution in [0.3, 0.4) is 0 Å². The van der Waals surface area contributed by atoms with Crippen LogP contribution in [0.4, 0.5) is 10.2 Å². The number of halogens is 1. The summed E-state index contributed by atoms with van der Waals surface area (Å²) >= 11 is 0. The van der Waals surface area contributed by atoms with Crippen molar-refractivity contribution in [3.8, 4) is 34.2 Å². The zero-order chi connectivity index (χ0) is 21.5. The minimum atomic E-state index is -0.508. The van der Waals surface area contributed by atoms with Crippen molar-refractivity contribution in [1.29, 1.82) is 5.26 Å². The number of fused-ring (bicyclic) bond motifs is 7. The second-order valence-corrected chi connectivity index (χ2v) is 7.31. The molecule has 0 saturated carbocycles. The third-order valence-electron chi connectivity index (χ3n) is 5.39. The first kappa shape index (κ1) is 18.8. The van der Waals surface area contributed by atoms with Crippen LogP contribution in [0.5, 0.6) is 5.75 Å². The number of imidazole rings is 1. The SMILES string of the molecule is CC1Oc2cc(cnc2N)-c2c(C#N)ncn2Cc2cnccc2-c2ccc(F)cc21. The topological polar surface area (TPSA) is 103 Å². The molecule has 1 atom stereocenters. The summed E-state index contributed by atoms with van der Waals surface area (Å²) in [6, 6.07) is 10.4. The van der Waals surface area contributed by atoms with Crippen molar-refractivity contribution in [2.75, 3.05) is 5.73 Å². The summed E-state index contributed by atoms with van der Waals surface area (Å²) in [6.45, 7) is 2.25. The van der Waals surface area contributed by atoms with Crippen LogP contribution in [0.25, 0.3) is 22.4 Å². The Kier molecular flexibility index (Phi) is 4.37. The molecule has 0 aliphatic carbocycles. The Morgan fingerprint density at radius 1 is 1.19 bits per heavy atom. The molecule has 0 fully saturated rings. The number of nitrogen functional groups attached to an aromatic ring is 1. The number of anilines is 1. The van der Waals surface area contributed by atoms with Crippen LogP contribution in [0, 0.1) is 17.1 Å². The van der Waals surface area contributed by atoms with E-state index >= 15 is 0 Å². The number of hydrogen-bond donors (Lipinski definition) is 1. The predicted octanol–water partition coefficient (Wildman–Crippen LogP) is 4.10. The summed E-state index contributed by atoms with van der Waals surface area (Å²) < 4.78 is 22.2. The minimum absolute atomic E-state index is 0.208. The van der Waals surface area contributed by atoms with Gasteiger partial charge >= 0.3 is 0 Å². The van der Waals surface area contributed by atoms with Gasteiger partial charge in [-0.25, -0.2) is 14.4 Å². The molecular weight excluding hydrogens is 395 g/mol. The first-order valence-corrected chi connectivity index (χ1v) is 9.65. The maximum Gasteiger partial charge on any atom is 0.166 e. The second kappa shape index (κ2) is 7.22. The van der Waals surface area contributed by atoms with Gasteiger partial charge in [0, 0.05) is 29.7 Å². The lowest BCUT2D eigenvalue weighted by atomic mass is 9.94. The van der Waals surface area contributed by atoms with Crippen molar-refractivity contribution in [3.05, 3.63) is 77.9 Å². The average Bonchev–Trinajstić information content (AvgIpc) is 3.17. The molecule has 1 aromatic carbocycles. The minimum Gasteiger partial charge on any atom is -0.482 e. The molecule has 0 radical (unpaired) electrons. The Hall–Kier alpha value is -4.25. The van der Waals surface area contributed by atoms with Gasteiger partial charge in [-0.3, -0.25) is 4.98 Å². The number of aromatic nitrogens is 4. The van der Waals surface area contributed by atoms with Gasteiger partial charge in [-0.1, -0.05) is 6.07 Å². The van der Waals surface area contributed by atoms with E-state index in [0.717, 1.165) is 16.7 Å². The number of rotatable bonds is 0. The van der Waals surface area contributed by atoms with Crippen LogP contribution in [0.2, 0.25) is 0 Å². The van der Waals surface area contributed by atoms with Gasteiger partial charge in [0.05, 0.1) is 18.6 Å². The summed E-state index contributed by atoms with van der Waals surface area (Å²) in [5.74, 6) is 0.208. The molecule has 1 aliphatic heterocycles. The van der Waals surface area contributed by atoms with E-state index in [1.165, 1.54) is 12.1 Å². The quantitative estimate of drug-likeness (QED) is 0.466. The van der Waals surface area contributed by atoms with Crippen LogP contribution < -0.4 is 10.5 Å². The van der Waals surface area contributed by atoms with Crippen LogP contribution in [0.1, 0.15) is 29.8 Å². The molecule has 1 aliphatic rings. The highest BCUT2D eigenvalue weighted by molar-refractivity contribution is 5.73. The fourth-order valence-corrected chi connectivity index (χ4v) is 3.93. The fraction of sp³-hybridized carbons (Fsp3) is 0.130. The monoisotopic (exact) mass is 412 g/mol. The van der Waals surface area contributed by atoms with Crippen LogP contribution >= 0.6 is 0 Å². The largest absolute Gasteiger partial charge is 0.482 e. The second-order valence-electron chi connectivity index (χ2n) is 7.31. The third-order valence-corrected chi connectivity index (χ3v) is 5.39. The Morgan fingerprint density at radius 2 is 2.06 bits per heavy atom. The van der Waals surface area contributed by atoms with E-state index in [1.54, 1.807) is 37.1 Å². The lowest BCUT2D eigenvalue weighted by molar-refractivity contribution is 0.228. The first-order valence-electron chi connectivity index (χ1n) is 9.65. The molecule has 31 heavy (non-hydrogen) atoms. The lowest BCUT2D eigenvalue weighted by Gasteiger charge is -2.22. The number of nitrogens with zero attached hydrogens (tertiary/aromatic N) is 5. The van der Waals surface area contributed by atoms with Gasteiger partial charge in [0.2, 0.25) is 0 Å². The number of pyridine rings is 2. The van der Waals surface area contributed by atoms with Crippen molar-refractivity contribution in [3.63, 3.8) is 0 Å². The van der Waals surface area contributed by atoms with E-state index in [-0.39, 0.29) is 17.3 Å². The lowest BCUT2D eigenvalue weighted by Crippen LogP contribution is -2.11. The number of benzene rings is 1.